The highest BCUT2D eigenvalue weighted by Gasteiger charge is 2.16. The van der Waals surface area contributed by atoms with E-state index >= 15 is 0 Å². The molecule has 0 saturated carbocycles. The van der Waals surface area contributed by atoms with Crippen LogP contribution in [0.3, 0.4) is 0 Å². The largest absolute Gasteiger partial charge is 0.326 e. The predicted octanol–water partition coefficient (Wildman–Crippen LogP) is 5.86. The van der Waals surface area contributed by atoms with E-state index in [4.69, 9.17) is 4.99 Å². The molecule has 0 bridgehead atoms. The number of carbonyl (C=O) groups is 1. The van der Waals surface area contributed by atoms with E-state index in [-0.39, 0.29) is 11.3 Å². The first-order valence-corrected chi connectivity index (χ1v) is 11.8. The van der Waals surface area contributed by atoms with Crippen molar-refractivity contribution < 1.29 is 4.79 Å². The molecule has 3 aromatic rings. The lowest BCUT2D eigenvalue weighted by Gasteiger charge is -2.19. The van der Waals surface area contributed by atoms with Crippen molar-refractivity contribution in [1.82, 2.24) is 15.1 Å². The minimum absolute atomic E-state index is 0.0325. The van der Waals surface area contributed by atoms with E-state index < -0.39 is 0 Å². The van der Waals surface area contributed by atoms with Crippen LogP contribution in [-0.4, -0.2) is 21.6 Å². The average molecular weight is 460 g/mol. The number of benzene rings is 2. The summed E-state index contributed by atoms with van der Waals surface area (Å²) in [5.74, 6) is 0.657. The highest BCUT2D eigenvalue weighted by atomic mass is 16.1. The van der Waals surface area contributed by atoms with Crippen LogP contribution in [0.4, 0.5) is 5.69 Å². The highest BCUT2D eigenvalue weighted by Crippen LogP contribution is 2.22. The van der Waals surface area contributed by atoms with Crippen LogP contribution in [0.25, 0.3) is 0 Å². The first-order valence-electron chi connectivity index (χ1n) is 11.8. The summed E-state index contributed by atoms with van der Waals surface area (Å²) >= 11 is 0. The minimum atomic E-state index is -0.204. The number of anilines is 1. The molecular formula is C28H37N5O. The SMILES string of the molecule is Cc1nn(C)c(C)c1CN=C(NC(=O)c1ccc(C(C)(C)C)cc1)Nc1ccc(C(C)C)cc1. The molecule has 0 aliphatic heterocycles. The molecule has 0 spiro atoms. The van der Waals surface area contributed by atoms with Crippen molar-refractivity contribution in [3.63, 3.8) is 0 Å². The maximum Gasteiger partial charge on any atom is 0.257 e. The Bertz CT molecular complexity index is 1160. The molecule has 0 saturated heterocycles. The molecule has 0 unspecified atom stereocenters. The second-order valence-electron chi connectivity index (χ2n) is 10.1. The van der Waals surface area contributed by atoms with Crippen molar-refractivity contribution in [2.75, 3.05) is 5.32 Å². The second-order valence-corrected chi connectivity index (χ2v) is 10.1. The molecule has 0 atom stereocenters. The van der Waals surface area contributed by atoms with Crippen LogP contribution >= 0.6 is 0 Å². The summed E-state index contributed by atoms with van der Waals surface area (Å²) in [6.45, 7) is 15.2. The smallest absolute Gasteiger partial charge is 0.257 e. The Labute approximate surface area is 203 Å². The zero-order valence-electron chi connectivity index (χ0n) is 21.7. The van der Waals surface area contributed by atoms with Gasteiger partial charge in [-0.2, -0.15) is 5.10 Å². The third kappa shape index (κ3) is 6.13. The average Bonchev–Trinajstić information content (AvgIpc) is 3.02. The number of hydrogen-bond acceptors (Lipinski definition) is 3. The van der Waals surface area contributed by atoms with E-state index in [0.717, 1.165) is 22.6 Å². The van der Waals surface area contributed by atoms with E-state index in [1.165, 1.54) is 11.1 Å². The Morgan fingerprint density at radius 1 is 1.03 bits per heavy atom. The zero-order chi connectivity index (χ0) is 25.0. The first-order chi connectivity index (χ1) is 16.0. The molecule has 2 aromatic carbocycles. The van der Waals surface area contributed by atoms with Gasteiger partial charge in [-0.3, -0.25) is 14.8 Å². The number of nitrogens with one attached hydrogen (secondary N) is 2. The second kappa shape index (κ2) is 10.2. The molecule has 180 valence electrons. The lowest BCUT2D eigenvalue weighted by molar-refractivity contribution is 0.0977. The highest BCUT2D eigenvalue weighted by molar-refractivity contribution is 6.10. The van der Waals surface area contributed by atoms with Gasteiger partial charge in [-0.05, 0) is 60.6 Å². The van der Waals surface area contributed by atoms with E-state index in [0.29, 0.717) is 24.0 Å². The third-order valence-corrected chi connectivity index (χ3v) is 6.14. The van der Waals surface area contributed by atoms with Crippen LogP contribution in [0.1, 0.15) is 79.0 Å². The van der Waals surface area contributed by atoms with E-state index in [1.807, 2.05) is 62.0 Å². The molecule has 6 heteroatoms. The molecule has 1 aromatic heterocycles. The molecule has 0 radical (unpaired) electrons. The Morgan fingerprint density at radius 3 is 2.15 bits per heavy atom. The summed E-state index contributed by atoms with van der Waals surface area (Å²) < 4.78 is 1.85. The van der Waals surface area contributed by atoms with Gasteiger partial charge in [0.25, 0.3) is 5.91 Å². The molecule has 0 fully saturated rings. The number of rotatable bonds is 5. The van der Waals surface area contributed by atoms with Crippen molar-refractivity contribution in [2.45, 2.75) is 66.3 Å². The maximum atomic E-state index is 13.1. The number of aliphatic imine (C=N–C) groups is 1. The Balaban J connectivity index is 1.85. The van der Waals surface area contributed by atoms with E-state index in [9.17, 15) is 4.79 Å². The van der Waals surface area contributed by atoms with Crippen molar-refractivity contribution in [1.29, 1.82) is 0 Å². The van der Waals surface area contributed by atoms with Gasteiger partial charge < -0.3 is 5.32 Å². The van der Waals surface area contributed by atoms with Crippen LogP contribution in [0.15, 0.2) is 53.5 Å². The lowest BCUT2D eigenvalue weighted by Crippen LogP contribution is -2.36. The Hall–Kier alpha value is -3.41. The van der Waals surface area contributed by atoms with Gasteiger partial charge in [0.05, 0.1) is 12.2 Å². The molecule has 0 aliphatic rings. The monoisotopic (exact) mass is 459 g/mol. The normalized spacial score (nSPS) is 12.2. The topological polar surface area (TPSA) is 71.3 Å². The molecule has 6 nitrogen and oxygen atoms in total. The molecule has 34 heavy (non-hydrogen) atoms. The third-order valence-electron chi connectivity index (χ3n) is 6.14. The van der Waals surface area contributed by atoms with Crippen LogP contribution in [0.5, 0.6) is 0 Å². The Morgan fingerprint density at radius 2 is 1.65 bits per heavy atom. The number of amides is 1. The summed E-state index contributed by atoms with van der Waals surface area (Å²) in [5.41, 5.74) is 6.99. The maximum absolute atomic E-state index is 13.1. The van der Waals surface area contributed by atoms with Crippen molar-refractivity contribution in [2.24, 2.45) is 12.0 Å². The van der Waals surface area contributed by atoms with E-state index in [2.05, 4.69) is 62.5 Å². The summed E-state index contributed by atoms with van der Waals surface area (Å²) in [6.07, 6.45) is 0. The van der Waals surface area contributed by atoms with Crippen molar-refractivity contribution >= 4 is 17.6 Å². The quantitative estimate of drug-likeness (QED) is 0.371. The van der Waals surface area contributed by atoms with Crippen LogP contribution in [0, 0.1) is 13.8 Å². The first kappa shape index (κ1) is 25.2. The van der Waals surface area contributed by atoms with E-state index in [1.54, 1.807) is 0 Å². The lowest BCUT2D eigenvalue weighted by atomic mass is 9.87. The minimum Gasteiger partial charge on any atom is -0.326 e. The van der Waals surface area contributed by atoms with Gasteiger partial charge in [0.2, 0.25) is 5.96 Å². The predicted molar refractivity (Wildman–Crippen MR) is 141 cm³/mol. The molecule has 0 aliphatic carbocycles. The van der Waals surface area contributed by atoms with Gasteiger partial charge in [0.1, 0.15) is 0 Å². The fourth-order valence-corrected chi connectivity index (χ4v) is 3.70. The summed E-state index contributed by atoms with van der Waals surface area (Å²) in [7, 11) is 1.92. The molecule has 2 N–H and O–H groups in total. The Kier molecular flexibility index (Phi) is 7.60. The number of aryl methyl sites for hydroxylation is 2. The zero-order valence-corrected chi connectivity index (χ0v) is 21.7. The molecular weight excluding hydrogens is 422 g/mol. The fraction of sp³-hybridized carbons (Fsp3) is 0.393. The number of carbonyl (C=O) groups excluding carboxylic acids is 1. The molecule has 1 amide bonds. The van der Waals surface area contributed by atoms with Gasteiger partial charge in [0.15, 0.2) is 0 Å². The van der Waals surface area contributed by atoms with Gasteiger partial charge in [-0.25, -0.2) is 4.99 Å². The van der Waals surface area contributed by atoms with Crippen LogP contribution in [0.2, 0.25) is 0 Å². The molecule has 3 rings (SSSR count). The van der Waals surface area contributed by atoms with Gasteiger partial charge in [-0.1, -0.05) is 58.9 Å². The van der Waals surface area contributed by atoms with Gasteiger partial charge in [0, 0.05) is 29.6 Å². The van der Waals surface area contributed by atoms with Gasteiger partial charge in [-0.15, -0.1) is 0 Å². The standard InChI is InChI=1S/C28H37N5O/c1-18(2)21-11-15-24(16-12-21)30-27(29-17-25-19(3)32-33(8)20(25)4)31-26(34)22-9-13-23(14-10-22)28(5,6)7/h9-16,18H,17H2,1-8H3,(H2,29,30,31,34). The summed E-state index contributed by atoms with van der Waals surface area (Å²) in [6, 6.07) is 15.9. The molecule has 1 heterocycles. The number of hydrogen-bond donors (Lipinski definition) is 2. The summed E-state index contributed by atoms with van der Waals surface area (Å²) in [5, 5.41) is 10.7. The number of nitrogens with zero attached hydrogens (tertiary/aromatic N) is 3. The van der Waals surface area contributed by atoms with Crippen molar-refractivity contribution in [3.8, 4) is 0 Å². The van der Waals surface area contributed by atoms with Crippen LogP contribution < -0.4 is 10.6 Å². The van der Waals surface area contributed by atoms with Gasteiger partial charge >= 0.3 is 0 Å². The van der Waals surface area contributed by atoms with Crippen LogP contribution in [-0.2, 0) is 19.0 Å². The number of aromatic nitrogens is 2. The number of guanidine groups is 1. The van der Waals surface area contributed by atoms with Crippen molar-refractivity contribution in [3.05, 3.63) is 82.2 Å². The summed E-state index contributed by atoms with van der Waals surface area (Å²) in [4.78, 5) is 17.8. The fourth-order valence-electron chi connectivity index (χ4n) is 3.70.